The fraction of sp³-hybridized carbons (Fsp3) is 0.800. The summed E-state index contributed by atoms with van der Waals surface area (Å²) in [5.41, 5.74) is -0.766. The van der Waals surface area contributed by atoms with E-state index in [1.165, 1.54) is 0 Å². The van der Waals surface area contributed by atoms with Crippen molar-refractivity contribution < 1.29 is 14.7 Å². The van der Waals surface area contributed by atoms with Gasteiger partial charge in [0.25, 0.3) is 0 Å². The maximum absolute atomic E-state index is 11.5. The minimum atomic E-state index is -0.796. The van der Waals surface area contributed by atoms with Gasteiger partial charge in [-0.25, -0.2) is 0 Å². The molecule has 2 bridgehead atoms. The molecule has 3 saturated carbocycles. The third-order valence-electron chi connectivity index (χ3n) is 3.71. The summed E-state index contributed by atoms with van der Waals surface area (Å²) >= 11 is 0. The molecular formula is C10H14O3. The van der Waals surface area contributed by atoms with Crippen LogP contribution in [0.1, 0.15) is 32.6 Å². The van der Waals surface area contributed by atoms with Crippen molar-refractivity contribution in [2.75, 3.05) is 0 Å². The van der Waals surface area contributed by atoms with Crippen molar-refractivity contribution in [1.82, 2.24) is 0 Å². The van der Waals surface area contributed by atoms with Crippen LogP contribution in [0.5, 0.6) is 0 Å². The quantitative estimate of drug-likeness (QED) is 0.668. The highest BCUT2D eigenvalue weighted by atomic mass is 16.4. The third-order valence-corrected chi connectivity index (χ3v) is 3.71. The average molecular weight is 182 g/mol. The zero-order chi connectivity index (χ0) is 9.64. The molecule has 0 aliphatic heterocycles. The van der Waals surface area contributed by atoms with Gasteiger partial charge in [0.05, 0.1) is 5.41 Å². The molecule has 3 rings (SSSR count). The number of hydrogen-bond acceptors (Lipinski definition) is 2. The van der Waals surface area contributed by atoms with E-state index in [1.54, 1.807) is 6.92 Å². The van der Waals surface area contributed by atoms with Crippen molar-refractivity contribution in [2.24, 2.45) is 17.3 Å². The van der Waals surface area contributed by atoms with E-state index in [0.29, 0.717) is 18.8 Å². The second-order valence-electron chi connectivity index (χ2n) is 4.59. The zero-order valence-electron chi connectivity index (χ0n) is 7.75. The van der Waals surface area contributed by atoms with Crippen LogP contribution < -0.4 is 0 Å². The maximum atomic E-state index is 11.5. The Hall–Kier alpha value is -0.860. The molecule has 3 fully saturated rings. The lowest BCUT2D eigenvalue weighted by molar-refractivity contribution is -0.164. The molecule has 3 heteroatoms. The van der Waals surface area contributed by atoms with Crippen LogP contribution in [0.25, 0.3) is 0 Å². The predicted molar refractivity (Wildman–Crippen MR) is 46.2 cm³/mol. The van der Waals surface area contributed by atoms with Gasteiger partial charge >= 0.3 is 5.97 Å². The molecule has 3 aliphatic carbocycles. The highest BCUT2D eigenvalue weighted by Gasteiger charge is 2.53. The van der Waals surface area contributed by atoms with Crippen LogP contribution >= 0.6 is 0 Å². The van der Waals surface area contributed by atoms with E-state index >= 15 is 0 Å². The molecule has 0 amide bonds. The fourth-order valence-electron chi connectivity index (χ4n) is 2.92. The highest BCUT2D eigenvalue weighted by Crippen LogP contribution is 2.50. The summed E-state index contributed by atoms with van der Waals surface area (Å²) < 4.78 is 0. The Morgan fingerprint density at radius 2 is 2.23 bits per heavy atom. The number of carboxylic acid groups (broad SMARTS) is 1. The van der Waals surface area contributed by atoms with Crippen LogP contribution in [-0.4, -0.2) is 16.9 Å². The number of Topliss-reactive ketones (excluding diaryl/α,β-unsaturated/α-hetero) is 1. The number of ketones is 1. The van der Waals surface area contributed by atoms with Crippen molar-refractivity contribution >= 4 is 11.8 Å². The summed E-state index contributed by atoms with van der Waals surface area (Å²) in [4.78, 5) is 22.6. The van der Waals surface area contributed by atoms with Crippen LogP contribution in [-0.2, 0) is 9.59 Å². The molecule has 3 nitrogen and oxygen atoms in total. The summed E-state index contributed by atoms with van der Waals surface area (Å²) in [7, 11) is 0. The first-order valence-electron chi connectivity index (χ1n) is 4.80. The van der Waals surface area contributed by atoms with Crippen LogP contribution in [0, 0.1) is 17.3 Å². The second kappa shape index (κ2) is 2.56. The molecule has 0 aromatic rings. The second-order valence-corrected chi connectivity index (χ2v) is 4.59. The monoisotopic (exact) mass is 182 g/mol. The Morgan fingerprint density at radius 3 is 2.62 bits per heavy atom. The predicted octanol–water partition coefficient (Wildman–Crippen LogP) is 1.47. The molecule has 0 spiro atoms. The molecule has 13 heavy (non-hydrogen) atoms. The molecule has 0 heterocycles. The van der Waals surface area contributed by atoms with Crippen LogP contribution in [0.2, 0.25) is 0 Å². The molecule has 1 N–H and O–H groups in total. The Kier molecular flexibility index (Phi) is 1.72. The summed E-state index contributed by atoms with van der Waals surface area (Å²) in [5, 5.41) is 9.09. The average Bonchev–Trinajstić information content (AvgIpc) is 2.03. The summed E-state index contributed by atoms with van der Waals surface area (Å²) in [6, 6.07) is 0. The zero-order valence-corrected chi connectivity index (χ0v) is 7.75. The molecule has 0 aromatic heterocycles. The molecule has 0 unspecified atom stereocenters. The smallest absolute Gasteiger partial charge is 0.310 e. The Labute approximate surface area is 77.1 Å². The van der Waals surface area contributed by atoms with Gasteiger partial charge in [0.2, 0.25) is 0 Å². The number of aliphatic carboxylic acids is 1. The van der Waals surface area contributed by atoms with Crippen LogP contribution in [0.3, 0.4) is 0 Å². The van der Waals surface area contributed by atoms with Crippen molar-refractivity contribution in [3.8, 4) is 0 Å². The third kappa shape index (κ3) is 1.10. The molecular weight excluding hydrogens is 168 g/mol. The number of carbonyl (C=O) groups is 2. The largest absolute Gasteiger partial charge is 0.481 e. The Morgan fingerprint density at radius 1 is 1.54 bits per heavy atom. The topological polar surface area (TPSA) is 54.4 Å². The van der Waals surface area contributed by atoms with Gasteiger partial charge in [-0.2, -0.15) is 0 Å². The van der Waals surface area contributed by atoms with Gasteiger partial charge in [-0.05, 0) is 32.1 Å². The fourth-order valence-corrected chi connectivity index (χ4v) is 2.92. The highest BCUT2D eigenvalue weighted by molar-refractivity contribution is 5.90. The Bertz CT molecular complexity index is 271. The molecule has 3 aliphatic rings. The van der Waals surface area contributed by atoms with Gasteiger partial charge in [0.15, 0.2) is 0 Å². The lowest BCUT2D eigenvalue weighted by atomic mass is 9.56. The number of fused-ring (bicyclic) bond motifs is 3. The van der Waals surface area contributed by atoms with Crippen LogP contribution in [0.4, 0.5) is 0 Å². The minimum absolute atomic E-state index is 0.174. The van der Waals surface area contributed by atoms with Crippen molar-refractivity contribution in [3.63, 3.8) is 0 Å². The standard InChI is InChI=1S/C10H14O3/c1-10(9(12)13)5-6-2-3-7(10)8(11)4-6/h6-7H,2-5H2,1H3,(H,12,13)/t6-,7-,10+/m1/s1. The number of carbonyl (C=O) groups excluding carboxylic acids is 1. The van der Waals surface area contributed by atoms with Gasteiger partial charge < -0.3 is 5.11 Å². The molecule has 72 valence electrons. The number of carboxylic acids is 1. The van der Waals surface area contributed by atoms with Gasteiger partial charge in [0, 0.05) is 12.3 Å². The van der Waals surface area contributed by atoms with Crippen molar-refractivity contribution in [3.05, 3.63) is 0 Å². The van der Waals surface area contributed by atoms with Gasteiger partial charge in [-0.15, -0.1) is 0 Å². The normalized spacial score (nSPS) is 43.6. The van der Waals surface area contributed by atoms with Gasteiger partial charge in [-0.1, -0.05) is 0 Å². The molecule has 0 aromatic carbocycles. The first-order valence-corrected chi connectivity index (χ1v) is 4.80. The number of rotatable bonds is 1. The van der Waals surface area contributed by atoms with E-state index in [0.717, 1.165) is 12.8 Å². The lowest BCUT2D eigenvalue weighted by Gasteiger charge is -2.45. The minimum Gasteiger partial charge on any atom is -0.481 e. The molecule has 3 atom stereocenters. The summed E-state index contributed by atoms with van der Waals surface area (Å²) in [5.74, 6) is -0.503. The van der Waals surface area contributed by atoms with E-state index in [-0.39, 0.29) is 11.7 Å². The van der Waals surface area contributed by atoms with Crippen molar-refractivity contribution in [1.29, 1.82) is 0 Å². The van der Waals surface area contributed by atoms with E-state index in [4.69, 9.17) is 5.11 Å². The van der Waals surface area contributed by atoms with E-state index < -0.39 is 11.4 Å². The summed E-state index contributed by atoms with van der Waals surface area (Å²) in [6.07, 6.45) is 3.14. The maximum Gasteiger partial charge on any atom is 0.310 e. The molecule has 0 saturated heterocycles. The van der Waals surface area contributed by atoms with Gasteiger partial charge in [0.1, 0.15) is 5.78 Å². The van der Waals surface area contributed by atoms with Crippen LogP contribution in [0.15, 0.2) is 0 Å². The molecule has 0 radical (unpaired) electrons. The van der Waals surface area contributed by atoms with Gasteiger partial charge in [-0.3, -0.25) is 9.59 Å². The first-order chi connectivity index (χ1) is 6.04. The van der Waals surface area contributed by atoms with Crippen molar-refractivity contribution in [2.45, 2.75) is 32.6 Å². The first kappa shape index (κ1) is 8.73. The van der Waals surface area contributed by atoms with E-state index in [9.17, 15) is 9.59 Å². The van der Waals surface area contributed by atoms with E-state index in [2.05, 4.69) is 0 Å². The SMILES string of the molecule is C[C@]1(C(=O)O)C[C@@H]2CC[C@@H]1C(=O)C2. The van der Waals surface area contributed by atoms with E-state index in [1.807, 2.05) is 0 Å². The number of hydrogen-bond donors (Lipinski definition) is 1. The summed E-state index contributed by atoms with van der Waals surface area (Å²) in [6.45, 7) is 1.73. The Balaban J connectivity index is 2.33. The lowest BCUT2D eigenvalue weighted by Crippen LogP contribution is -2.49.